The summed E-state index contributed by atoms with van der Waals surface area (Å²) in [7, 11) is 0. The van der Waals surface area contributed by atoms with Crippen LogP contribution in [0, 0.1) is 6.92 Å². The Balaban J connectivity index is 2.18. The van der Waals surface area contributed by atoms with Crippen LogP contribution in [-0.2, 0) is 0 Å². The van der Waals surface area contributed by atoms with Gasteiger partial charge in [-0.1, -0.05) is 6.07 Å². The van der Waals surface area contributed by atoms with Crippen molar-refractivity contribution in [3.05, 3.63) is 53.5 Å². The van der Waals surface area contributed by atoms with Crippen LogP contribution in [0.5, 0.6) is 0 Å². The zero-order valence-electron chi connectivity index (χ0n) is 12.1. The molecule has 0 aliphatic carbocycles. The fraction of sp³-hybridized carbons (Fsp3) is 0.312. The highest BCUT2D eigenvalue weighted by Crippen LogP contribution is 2.23. The second kappa shape index (κ2) is 6.28. The Bertz CT molecular complexity index is 576. The smallest absolute Gasteiger partial charge is 0.251 e. The molecule has 0 radical (unpaired) electrons. The first kappa shape index (κ1) is 14.2. The minimum absolute atomic E-state index is 0.0495. The second-order valence-corrected chi connectivity index (χ2v) is 4.81. The van der Waals surface area contributed by atoms with Gasteiger partial charge in [0.25, 0.3) is 5.91 Å². The van der Waals surface area contributed by atoms with Crippen LogP contribution in [0.15, 0.2) is 41.2 Å². The Kier molecular flexibility index (Phi) is 4.45. The van der Waals surface area contributed by atoms with Crippen LogP contribution < -0.4 is 10.6 Å². The molecule has 106 valence electrons. The van der Waals surface area contributed by atoms with E-state index in [2.05, 4.69) is 17.6 Å². The predicted molar refractivity (Wildman–Crippen MR) is 79.9 cm³/mol. The summed E-state index contributed by atoms with van der Waals surface area (Å²) in [5.41, 5.74) is 3.81. The van der Waals surface area contributed by atoms with Crippen molar-refractivity contribution in [2.45, 2.75) is 26.8 Å². The third kappa shape index (κ3) is 3.20. The van der Waals surface area contributed by atoms with Gasteiger partial charge >= 0.3 is 0 Å². The third-order valence-corrected chi connectivity index (χ3v) is 3.25. The molecule has 1 amide bonds. The maximum absolute atomic E-state index is 11.9. The molecule has 0 fully saturated rings. The summed E-state index contributed by atoms with van der Waals surface area (Å²) in [5.74, 6) is -0.0495. The second-order valence-electron chi connectivity index (χ2n) is 4.81. The van der Waals surface area contributed by atoms with Gasteiger partial charge in [0.1, 0.15) is 0 Å². The predicted octanol–water partition coefficient (Wildman–Crippen LogP) is 3.51. The number of hydrogen-bond acceptors (Lipinski definition) is 3. The standard InChI is InChI=1S/C16H20N2O2/c1-4-17-16(19)13-6-5-11(2)15(9-13)18-12(3)14-7-8-20-10-14/h5-10,12,18H,4H2,1-3H3,(H,17,19). The molecule has 1 atom stereocenters. The van der Waals surface area contributed by atoms with Gasteiger partial charge in [-0.25, -0.2) is 0 Å². The number of anilines is 1. The number of amides is 1. The van der Waals surface area contributed by atoms with Crippen LogP contribution in [0.25, 0.3) is 0 Å². The van der Waals surface area contributed by atoms with Crippen LogP contribution in [0.4, 0.5) is 5.69 Å². The molecular weight excluding hydrogens is 252 g/mol. The van der Waals surface area contributed by atoms with Gasteiger partial charge in [0.15, 0.2) is 0 Å². The first-order chi connectivity index (χ1) is 9.61. The SMILES string of the molecule is CCNC(=O)c1ccc(C)c(NC(C)c2ccoc2)c1. The molecule has 1 heterocycles. The highest BCUT2D eigenvalue weighted by molar-refractivity contribution is 5.95. The lowest BCUT2D eigenvalue weighted by atomic mass is 10.1. The highest BCUT2D eigenvalue weighted by Gasteiger charge is 2.11. The highest BCUT2D eigenvalue weighted by atomic mass is 16.3. The number of hydrogen-bond donors (Lipinski definition) is 2. The lowest BCUT2D eigenvalue weighted by Gasteiger charge is -2.16. The largest absolute Gasteiger partial charge is 0.472 e. The average molecular weight is 272 g/mol. The monoisotopic (exact) mass is 272 g/mol. The van der Waals surface area contributed by atoms with E-state index in [0.29, 0.717) is 12.1 Å². The van der Waals surface area contributed by atoms with Crippen molar-refractivity contribution < 1.29 is 9.21 Å². The number of nitrogens with one attached hydrogen (secondary N) is 2. The van der Waals surface area contributed by atoms with Crippen LogP contribution in [-0.4, -0.2) is 12.5 Å². The van der Waals surface area contributed by atoms with Gasteiger partial charge in [-0.3, -0.25) is 4.79 Å². The Hall–Kier alpha value is -2.23. The molecule has 4 nitrogen and oxygen atoms in total. The van der Waals surface area contributed by atoms with E-state index in [1.807, 2.05) is 38.1 Å². The van der Waals surface area contributed by atoms with E-state index < -0.39 is 0 Å². The first-order valence-corrected chi connectivity index (χ1v) is 6.79. The number of benzene rings is 1. The maximum atomic E-state index is 11.9. The molecule has 2 N–H and O–H groups in total. The Morgan fingerprint density at radius 2 is 2.15 bits per heavy atom. The fourth-order valence-corrected chi connectivity index (χ4v) is 2.02. The normalized spacial score (nSPS) is 11.9. The van der Waals surface area contributed by atoms with E-state index >= 15 is 0 Å². The number of carbonyl (C=O) groups excluding carboxylic acids is 1. The van der Waals surface area contributed by atoms with Gasteiger partial charge in [-0.15, -0.1) is 0 Å². The van der Waals surface area contributed by atoms with Crippen LogP contribution in [0.1, 0.15) is 41.4 Å². The summed E-state index contributed by atoms with van der Waals surface area (Å²) in [4.78, 5) is 11.9. The van der Waals surface area contributed by atoms with Gasteiger partial charge in [-0.05, 0) is 44.5 Å². The topological polar surface area (TPSA) is 54.3 Å². The molecule has 0 aliphatic rings. The fourth-order valence-electron chi connectivity index (χ4n) is 2.02. The van der Waals surface area contributed by atoms with Gasteiger partial charge < -0.3 is 15.1 Å². The number of furan rings is 1. The van der Waals surface area contributed by atoms with Gasteiger partial charge in [0, 0.05) is 23.4 Å². The van der Waals surface area contributed by atoms with Crippen molar-refractivity contribution in [2.75, 3.05) is 11.9 Å². The van der Waals surface area contributed by atoms with Crippen molar-refractivity contribution in [1.29, 1.82) is 0 Å². The van der Waals surface area contributed by atoms with Crippen molar-refractivity contribution in [2.24, 2.45) is 0 Å². The van der Waals surface area contributed by atoms with E-state index in [-0.39, 0.29) is 11.9 Å². The molecule has 1 unspecified atom stereocenters. The molecule has 2 aromatic rings. The van der Waals surface area contributed by atoms with Crippen molar-refractivity contribution in [3.63, 3.8) is 0 Å². The Morgan fingerprint density at radius 3 is 2.80 bits per heavy atom. The molecule has 0 aliphatic heterocycles. The molecule has 0 saturated heterocycles. The molecule has 1 aromatic carbocycles. The van der Waals surface area contributed by atoms with Crippen LogP contribution in [0.2, 0.25) is 0 Å². The van der Waals surface area contributed by atoms with Crippen LogP contribution >= 0.6 is 0 Å². The number of rotatable bonds is 5. The molecule has 0 bridgehead atoms. The zero-order chi connectivity index (χ0) is 14.5. The van der Waals surface area contributed by atoms with E-state index in [9.17, 15) is 4.79 Å². The maximum Gasteiger partial charge on any atom is 0.251 e. The molecule has 1 aromatic heterocycles. The summed E-state index contributed by atoms with van der Waals surface area (Å²) in [6, 6.07) is 7.73. The first-order valence-electron chi connectivity index (χ1n) is 6.79. The lowest BCUT2D eigenvalue weighted by Crippen LogP contribution is -2.22. The summed E-state index contributed by atoms with van der Waals surface area (Å²) in [6.45, 7) is 6.61. The van der Waals surface area contributed by atoms with Crippen molar-refractivity contribution in [1.82, 2.24) is 5.32 Å². The van der Waals surface area contributed by atoms with Gasteiger partial charge in [0.2, 0.25) is 0 Å². The molecule has 2 rings (SSSR count). The number of aryl methyl sites for hydroxylation is 1. The van der Waals surface area contributed by atoms with Crippen molar-refractivity contribution in [3.8, 4) is 0 Å². The summed E-state index contributed by atoms with van der Waals surface area (Å²) in [5, 5.41) is 6.22. The zero-order valence-corrected chi connectivity index (χ0v) is 12.1. The minimum atomic E-state index is -0.0495. The van der Waals surface area contributed by atoms with Crippen LogP contribution in [0.3, 0.4) is 0 Å². The van der Waals surface area contributed by atoms with Gasteiger partial charge in [-0.2, -0.15) is 0 Å². The van der Waals surface area contributed by atoms with E-state index in [1.54, 1.807) is 12.5 Å². The van der Waals surface area contributed by atoms with E-state index in [0.717, 1.165) is 16.8 Å². The molecular formula is C16H20N2O2. The van der Waals surface area contributed by atoms with Crippen molar-refractivity contribution >= 4 is 11.6 Å². The quantitative estimate of drug-likeness (QED) is 0.875. The minimum Gasteiger partial charge on any atom is -0.472 e. The molecule has 0 saturated carbocycles. The summed E-state index contributed by atoms with van der Waals surface area (Å²) >= 11 is 0. The summed E-state index contributed by atoms with van der Waals surface area (Å²) < 4.78 is 5.09. The molecule has 4 heteroatoms. The lowest BCUT2D eigenvalue weighted by molar-refractivity contribution is 0.0956. The Labute approximate surface area is 119 Å². The van der Waals surface area contributed by atoms with E-state index in [1.165, 1.54) is 0 Å². The Morgan fingerprint density at radius 1 is 1.35 bits per heavy atom. The molecule has 20 heavy (non-hydrogen) atoms. The molecule has 0 spiro atoms. The average Bonchev–Trinajstić information content (AvgIpc) is 2.95. The van der Waals surface area contributed by atoms with Gasteiger partial charge in [0.05, 0.1) is 18.6 Å². The third-order valence-electron chi connectivity index (χ3n) is 3.25. The van der Waals surface area contributed by atoms with E-state index in [4.69, 9.17) is 4.42 Å². The number of carbonyl (C=O) groups is 1. The summed E-state index contributed by atoms with van der Waals surface area (Å²) in [6.07, 6.45) is 3.38.